The number of ether oxygens (including phenoxy) is 2. The Kier molecular flexibility index (Phi) is 9.83. The number of hydrogen-bond donors (Lipinski definition) is 0. The van der Waals surface area contributed by atoms with Crippen molar-refractivity contribution >= 4 is 21.8 Å². The molecule has 0 atom stereocenters. The van der Waals surface area contributed by atoms with Gasteiger partial charge in [0.05, 0.1) is 19.8 Å². The molecule has 0 saturated heterocycles. The average Bonchev–Trinajstić information content (AvgIpc) is 3.19. The smallest absolute Gasteiger partial charge is 0.256 e. The number of hydrogen-bond acceptors (Lipinski definition) is 6. The van der Waals surface area contributed by atoms with Crippen molar-refractivity contribution in [3.05, 3.63) is 167 Å². The quantitative estimate of drug-likeness (QED) is 0.125. The van der Waals surface area contributed by atoms with Crippen molar-refractivity contribution in [2.45, 2.75) is 13.8 Å². The Morgan fingerprint density at radius 1 is 0.500 bits per heavy atom. The molecule has 268 valence electrons. The summed E-state index contributed by atoms with van der Waals surface area (Å²) in [5.74, 6) is -0.215. The van der Waals surface area contributed by atoms with Crippen LogP contribution in [0.15, 0.2) is 134 Å². The molecule has 0 bridgehead atoms. The maximum Gasteiger partial charge on any atom is 0.256 e. The number of nitrogens with zero attached hydrogens (tertiary/aromatic N) is 4. The molecular formula is C44H34F2N4O4. The number of pyridine rings is 4. The van der Waals surface area contributed by atoms with E-state index >= 15 is 0 Å². The molecule has 0 aliphatic rings. The van der Waals surface area contributed by atoms with Gasteiger partial charge in [-0.15, -0.1) is 0 Å². The largest absolute Gasteiger partial charge is 0.618 e. The minimum absolute atomic E-state index is 0.167. The van der Waals surface area contributed by atoms with Gasteiger partial charge in [0.25, 0.3) is 11.4 Å². The number of aryl methyl sites for hydroxylation is 2. The standard InChI is InChI=1S/C23H20N2O2.C21H14F2N2O2/c1-15-7-6-8-16(2)21(15)23-22-19(12-14-25(23)26)17(11-13-24-22)18-9-4-5-10-20(18)27-3;1-27-18-8-3-2-5-14(18)13-9-11-24-20-15(13)10-12-25(26)21(20)19-16(22)6-4-7-17(19)23/h4-14H,1-3H3;2-12H,1H3. The number of benzene rings is 4. The summed E-state index contributed by atoms with van der Waals surface area (Å²) in [4.78, 5) is 8.83. The lowest BCUT2D eigenvalue weighted by Crippen LogP contribution is -2.29. The van der Waals surface area contributed by atoms with Gasteiger partial charge in [-0.05, 0) is 72.5 Å². The summed E-state index contributed by atoms with van der Waals surface area (Å²) >= 11 is 0. The highest BCUT2D eigenvalue weighted by Gasteiger charge is 2.25. The fourth-order valence-electron chi connectivity index (χ4n) is 6.88. The highest BCUT2D eigenvalue weighted by Crippen LogP contribution is 2.38. The average molecular weight is 721 g/mol. The van der Waals surface area contributed by atoms with Crippen molar-refractivity contribution in [2.24, 2.45) is 0 Å². The zero-order valence-corrected chi connectivity index (χ0v) is 29.9. The van der Waals surface area contributed by atoms with E-state index in [1.54, 1.807) is 38.7 Å². The molecule has 54 heavy (non-hydrogen) atoms. The molecule has 0 spiro atoms. The second-order valence-corrected chi connectivity index (χ2v) is 12.5. The van der Waals surface area contributed by atoms with E-state index in [1.807, 2.05) is 92.7 Å². The van der Waals surface area contributed by atoms with E-state index < -0.39 is 17.2 Å². The summed E-state index contributed by atoms with van der Waals surface area (Å²) in [5.41, 5.74) is 7.45. The van der Waals surface area contributed by atoms with Crippen LogP contribution < -0.4 is 18.9 Å². The van der Waals surface area contributed by atoms with E-state index in [1.165, 1.54) is 18.5 Å². The van der Waals surface area contributed by atoms with E-state index in [2.05, 4.69) is 9.97 Å². The van der Waals surface area contributed by atoms with Crippen LogP contribution in [-0.2, 0) is 0 Å². The van der Waals surface area contributed by atoms with E-state index in [9.17, 15) is 19.2 Å². The van der Waals surface area contributed by atoms with E-state index in [4.69, 9.17) is 9.47 Å². The van der Waals surface area contributed by atoms with Crippen LogP contribution in [0.3, 0.4) is 0 Å². The van der Waals surface area contributed by atoms with Crippen LogP contribution in [0.2, 0.25) is 0 Å². The topological polar surface area (TPSA) is 98.1 Å². The zero-order chi connectivity index (χ0) is 37.9. The molecule has 10 heteroatoms. The lowest BCUT2D eigenvalue weighted by molar-refractivity contribution is -0.592. The molecule has 4 aromatic carbocycles. The first-order chi connectivity index (χ1) is 26.2. The molecule has 0 fully saturated rings. The van der Waals surface area contributed by atoms with Gasteiger partial charge >= 0.3 is 0 Å². The van der Waals surface area contributed by atoms with Gasteiger partial charge in [0.2, 0.25) is 0 Å². The van der Waals surface area contributed by atoms with Crippen molar-refractivity contribution in [3.8, 4) is 56.3 Å². The van der Waals surface area contributed by atoms with Gasteiger partial charge in [-0.25, -0.2) is 18.7 Å². The molecule has 8 rings (SSSR count). The minimum Gasteiger partial charge on any atom is -0.618 e. The number of halogens is 2. The summed E-state index contributed by atoms with van der Waals surface area (Å²) in [7, 11) is 3.23. The van der Waals surface area contributed by atoms with E-state index in [0.29, 0.717) is 27.1 Å². The number of rotatable bonds is 6. The Morgan fingerprint density at radius 3 is 1.39 bits per heavy atom. The first kappa shape index (κ1) is 35.5. The summed E-state index contributed by atoms with van der Waals surface area (Å²) in [6.07, 6.45) is 6.04. The number of para-hydroxylation sites is 2. The first-order valence-corrected chi connectivity index (χ1v) is 17.0. The van der Waals surface area contributed by atoms with Crippen LogP contribution in [0.1, 0.15) is 11.1 Å². The predicted octanol–water partition coefficient (Wildman–Crippen LogP) is 9.32. The van der Waals surface area contributed by atoms with Crippen LogP contribution in [0.25, 0.3) is 66.6 Å². The van der Waals surface area contributed by atoms with Gasteiger partial charge in [-0.3, -0.25) is 0 Å². The van der Waals surface area contributed by atoms with Crippen molar-refractivity contribution in [2.75, 3.05) is 14.2 Å². The van der Waals surface area contributed by atoms with Crippen molar-refractivity contribution in [1.29, 1.82) is 0 Å². The van der Waals surface area contributed by atoms with Gasteiger partial charge in [0.15, 0.2) is 12.4 Å². The minimum atomic E-state index is -0.823. The molecule has 0 aliphatic carbocycles. The summed E-state index contributed by atoms with van der Waals surface area (Å²) in [6, 6.07) is 31.9. The third-order valence-electron chi connectivity index (χ3n) is 9.33. The van der Waals surface area contributed by atoms with Gasteiger partial charge in [0.1, 0.15) is 39.7 Å². The predicted molar refractivity (Wildman–Crippen MR) is 206 cm³/mol. The summed E-state index contributed by atoms with van der Waals surface area (Å²) in [5, 5.41) is 26.7. The Hall–Kier alpha value is -6.94. The van der Waals surface area contributed by atoms with E-state index in [-0.39, 0.29) is 11.2 Å². The van der Waals surface area contributed by atoms with E-state index in [0.717, 1.165) is 66.9 Å². The van der Waals surface area contributed by atoms with Crippen molar-refractivity contribution < 1.29 is 27.7 Å². The van der Waals surface area contributed by atoms with Crippen LogP contribution in [-0.4, -0.2) is 24.2 Å². The van der Waals surface area contributed by atoms with Crippen LogP contribution in [0.4, 0.5) is 8.78 Å². The molecule has 8 nitrogen and oxygen atoms in total. The third kappa shape index (κ3) is 6.38. The Labute approximate surface area is 310 Å². The summed E-state index contributed by atoms with van der Waals surface area (Å²) in [6.45, 7) is 4.04. The highest BCUT2D eigenvalue weighted by atomic mass is 19.1. The van der Waals surface area contributed by atoms with Crippen LogP contribution in [0.5, 0.6) is 11.5 Å². The number of fused-ring (bicyclic) bond motifs is 2. The highest BCUT2D eigenvalue weighted by molar-refractivity contribution is 6.02. The summed E-state index contributed by atoms with van der Waals surface area (Å²) < 4.78 is 41.0. The molecule has 0 saturated carbocycles. The molecule has 0 unspecified atom stereocenters. The Morgan fingerprint density at radius 2 is 0.926 bits per heavy atom. The van der Waals surface area contributed by atoms with Crippen molar-refractivity contribution in [1.82, 2.24) is 9.97 Å². The van der Waals surface area contributed by atoms with Crippen molar-refractivity contribution in [3.63, 3.8) is 0 Å². The SMILES string of the molecule is COc1ccccc1-c1ccnc2c(-c3c(C)cccc3C)[n+]([O-])ccc12.COc1ccccc1-c1ccnc2c(-c3c(F)cccc3F)[n+]([O-])ccc12. The molecule has 0 radical (unpaired) electrons. The molecule has 8 aromatic rings. The normalized spacial score (nSPS) is 10.9. The Bertz CT molecular complexity index is 2460. The maximum atomic E-state index is 14.3. The second kappa shape index (κ2) is 15.0. The van der Waals surface area contributed by atoms with Crippen LogP contribution >= 0.6 is 0 Å². The van der Waals surface area contributed by atoms with Gasteiger partial charge < -0.3 is 19.9 Å². The molecule has 4 heterocycles. The maximum absolute atomic E-state index is 14.3. The fourth-order valence-corrected chi connectivity index (χ4v) is 6.88. The number of aromatic nitrogens is 4. The molecule has 0 amide bonds. The molecule has 0 aliphatic heterocycles. The third-order valence-corrected chi connectivity index (χ3v) is 9.33. The monoisotopic (exact) mass is 720 g/mol. The van der Waals surface area contributed by atoms with Gasteiger partial charge in [-0.1, -0.05) is 60.7 Å². The van der Waals surface area contributed by atoms with Gasteiger partial charge in [0, 0.05) is 46.4 Å². The van der Waals surface area contributed by atoms with Gasteiger partial charge in [-0.2, -0.15) is 9.46 Å². The molecule has 0 N–H and O–H groups in total. The Balaban J connectivity index is 0.000000167. The first-order valence-electron chi connectivity index (χ1n) is 17.0. The molecule has 4 aromatic heterocycles. The zero-order valence-electron chi connectivity index (χ0n) is 29.9. The second-order valence-electron chi connectivity index (χ2n) is 12.5. The lowest BCUT2D eigenvalue weighted by Gasteiger charge is -2.14. The molecular weight excluding hydrogens is 687 g/mol. The fraction of sp³-hybridized carbons (Fsp3) is 0.0909. The van der Waals surface area contributed by atoms with Crippen LogP contribution in [0, 0.1) is 35.9 Å². The number of methoxy groups -OCH3 is 2. The lowest BCUT2D eigenvalue weighted by atomic mass is 9.95.